The molecule has 0 bridgehead atoms. The third-order valence-electron chi connectivity index (χ3n) is 4.09. The van der Waals surface area contributed by atoms with Crippen molar-refractivity contribution in [2.75, 3.05) is 26.1 Å². The van der Waals surface area contributed by atoms with Crippen LogP contribution in [-0.4, -0.2) is 29.7 Å². The molecule has 2 aromatic rings. The van der Waals surface area contributed by atoms with Crippen LogP contribution in [0.1, 0.15) is 30.9 Å². The van der Waals surface area contributed by atoms with Gasteiger partial charge in [0.2, 0.25) is 0 Å². The summed E-state index contributed by atoms with van der Waals surface area (Å²) in [5.74, 6) is 1.73. The fourth-order valence-corrected chi connectivity index (χ4v) is 4.01. The normalized spacial score (nSPS) is 11.3. The highest BCUT2D eigenvalue weighted by atomic mass is 32.2. The zero-order valence-corrected chi connectivity index (χ0v) is 16.7. The van der Waals surface area contributed by atoms with Gasteiger partial charge in [-0.05, 0) is 48.2 Å². The van der Waals surface area contributed by atoms with E-state index in [1.165, 1.54) is 14.2 Å². The van der Waals surface area contributed by atoms with Crippen LogP contribution in [0.2, 0.25) is 0 Å². The van der Waals surface area contributed by atoms with Gasteiger partial charge in [-0.15, -0.1) is 0 Å². The lowest BCUT2D eigenvalue weighted by atomic mass is 10.0. The number of anilines is 1. The Morgan fingerprint density at radius 1 is 0.923 bits per heavy atom. The number of methoxy groups -OCH3 is 3. The lowest BCUT2D eigenvalue weighted by Crippen LogP contribution is -2.16. The van der Waals surface area contributed by atoms with Gasteiger partial charge >= 0.3 is 0 Å². The molecule has 0 saturated carbocycles. The second kappa shape index (κ2) is 7.86. The molecular weight excluding hydrogens is 354 g/mol. The Kier molecular flexibility index (Phi) is 6.02. The molecule has 0 atom stereocenters. The molecule has 26 heavy (non-hydrogen) atoms. The van der Waals surface area contributed by atoms with Crippen molar-refractivity contribution in [3.8, 4) is 17.2 Å². The van der Waals surface area contributed by atoms with E-state index >= 15 is 0 Å². The van der Waals surface area contributed by atoms with E-state index in [-0.39, 0.29) is 10.8 Å². The highest BCUT2D eigenvalue weighted by Gasteiger charge is 2.22. The van der Waals surface area contributed by atoms with Crippen molar-refractivity contribution in [1.29, 1.82) is 0 Å². The van der Waals surface area contributed by atoms with E-state index < -0.39 is 10.0 Å². The number of sulfonamides is 1. The summed E-state index contributed by atoms with van der Waals surface area (Å²) in [4.78, 5) is 0.201. The Hall–Kier alpha value is -2.41. The van der Waals surface area contributed by atoms with Gasteiger partial charge < -0.3 is 14.2 Å². The van der Waals surface area contributed by atoms with Crippen molar-refractivity contribution in [3.05, 3.63) is 41.5 Å². The zero-order chi connectivity index (χ0) is 19.5. The Morgan fingerprint density at radius 2 is 1.58 bits per heavy atom. The quantitative estimate of drug-likeness (QED) is 0.789. The topological polar surface area (TPSA) is 73.9 Å². The minimum atomic E-state index is -3.82. The van der Waals surface area contributed by atoms with Crippen LogP contribution in [-0.2, 0) is 10.0 Å². The summed E-state index contributed by atoms with van der Waals surface area (Å²) in [6.45, 7) is 5.72. The van der Waals surface area contributed by atoms with Crippen LogP contribution in [0.5, 0.6) is 17.2 Å². The van der Waals surface area contributed by atoms with Crippen molar-refractivity contribution in [3.63, 3.8) is 0 Å². The number of hydrogen-bond donors (Lipinski definition) is 1. The third kappa shape index (κ3) is 4.04. The van der Waals surface area contributed by atoms with Gasteiger partial charge in [0.25, 0.3) is 10.0 Å². The number of rotatable bonds is 7. The number of nitrogens with one attached hydrogen (secondary N) is 1. The third-order valence-corrected chi connectivity index (χ3v) is 5.60. The first-order valence-electron chi connectivity index (χ1n) is 8.16. The lowest BCUT2D eigenvalue weighted by Gasteiger charge is -2.18. The van der Waals surface area contributed by atoms with Gasteiger partial charge in [0, 0.05) is 6.07 Å². The number of hydrogen-bond acceptors (Lipinski definition) is 5. The van der Waals surface area contributed by atoms with Crippen LogP contribution in [0.25, 0.3) is 0 Å². The first kappa shape index (κ1) is 19.9. The summed E-state index contributed by atoms with van der Waals surface area (Å²) in [7, 11) is 0.752. The molecule has 7 heteroatoms. The van der Waals surface area contributed by atoms with Crippen LogP contribution < -0.4 is 18.9 Å². The number of benzene rings is 2. The molecule has 0 unspecified atom stereocenters. The molecule has 0 radical (unpaired) electrons. The van der Waals surface area contributed by atoms with E-state index in [0.717, 1.165) is 5.56 Å². The van der Waals surface area contributed by atoms with E-state index in [4.69, 9.17) is 14.2 Å². The van der Waals surface area contributed by atoms with Gasteiger partial charge in [-0.1, -0.05) is 13.8 Å². The van der Waals surface area contributed by atoms with Gasteiger partial charge in [0.05, 0.1) is 31.9 Å². The van der Waals surface area contributed by atoms with Gasteiger partial charge in [-0.2, -0.15) is 0 Å². The molecule has 0 aliphatic heterocycles. The first-order valence-corrected chi connectivity index (χ1v) is 9.65. The molecule has 142 valence electrons. The largest absolute Gasteiger partial charge is 0.497 e. The second-order valence-corrected chi connectivity index (χ2v) is 7.84. The minimum absolute atomic E-state index is 0.117. The average Bonchev–Trinajstić information content (AvgIpc) is 2.60. The van der Waals surface area contributed by atoms with E-state index in [2.05, 4.69) is 4.72 Å². The molecule has 1 N–H and O–H groups in total. The highest BCUT2D eigenvalue weighted by Crippen LogP contribution is 2.34. The summed E-state index contributed by atoms with van der Waals surface area (Å²) in [5.41, 5.74) is 1.74. The van der Waals surface area contributed by atoms with Gasteiger partial charge in [-0.25, -0.2) is 8.42 Å². The summed E-state index contributed by atoms with van der Waals surface area (Å²) in [6, 6.07) is 8.34. The smallest absolute Gasteiger partial charge is 0.262 e. The minimum Gasteiger partial charge on any atom is -0.497 e. The molecule has 2 rings (SSSR count). The molecule has 0 saturated heterocycles. The summed E-state index contributed by atoms with van der Waals surface area (Å²) in [5, 5.41) is 0. The average molecular weight is 379 g/mol. The molecule has 2 aromatic carbocycles. The molecule has 0 spiro atoms. The summed E-state index contributed by atoms with van der Waals surface area (Å²) >= 11 is 0. The maximum atomic E-state index is 13.0. The maximum absolute atomic E-state index is 13.0. The molecule has 0 heterocycles. The van der Waals surface area contributed by atoms with Crippen LogP contribution in [0.3, 0.4) is 0 Å². The van der Waals surface area contributed by atoms with Crippen molar-refractivity contribution in [1.82, 2.24) is 0 Å². The number of aryl methyl sites for hydroxylation is 1. The van der Waals surface area contributed by atoms with Gasteiger partial charge in [0.15, 0.2) is 0 Å². The standard InChI is InChI=1S/C19H25NO5S/c1-12(2)15-11-19(13(3)9-18(15)25-6)26(21,22)20-16-10-14(23-4)7-8-17(16)24-5/h7-12,20H,1-6H3. The highest BCUT2D eigenvalue weighted by molar-refractivity contribution is 7.92. The number of ether oxygens (including phenoxy) is 3. The first-order chi connectivity index (χ1) is 12.2. The van der Waals surface area contributed by atoms with Crippen molar-refractivity contribution in [2.45, 2.75) is 31.6 Å². The van der Waals surface area contributed by atoms with Crippen molar-refractivity contribution >= 4 is 15.7 Å². The van der Waals surface area contributed by atoms with E-state index in [9.17, 15) is 8.42 Å². The Labute approximate surface area is 155 Å². The predicted octanol–water partition coefficient (Wildman–Crippen LogP) is 3.95. The fraction of sp³-hybridized carbons (Fsp3) is 0.368. The van der Waals surface area contributed by atoms with Crippen LogP contribution >= 0.6 is 0 Å². The van der Waals surface area contributed by atoms with Gasteiger partial charge in [-0.3, -0.25) is 4.72 Å². The lowest BCUT2D eigenvalue weighted by molar-refractivity contribution is 0.405. The summed E-state index contributed by atoms with van der Waals surface area (Å²) in [6.07, 6.45) is 0. The molecule has 6 nitrogen and oxygen atoms in total. The molecular formula is C19H25NO5S. The fourth-order valence-electron chi connectivity index (χ4n) is 2.69. The second-order valence-electron chi connectivity index (χ2n) is 6.19. The van der Waals surface area contributed by atoms with E-state index in [1.54, 1.807) is 44.4 Å². The Morgan fingerprint density at radius 3 is 2.12 bits per heavy atom. The molecule has 0 aromatic heterocycles. The van der Waals surface area contributed by atoms with Crippen molar-refractivity contribution in [2.24, 2.45) is 0 Å². The van der Waals surface area contributed by atoms with Crippen molar-refractivity contribution < 1.29 is 22.6 Å². The molecule has 0 aliphatic rings. The summed E-state index contributed by atoms with van der Waals surface area (Å²) < 4.78 is 44.4. The van der Waals surface area contributed by atoms with E-state index in [1.807, 2.05) is 13.8 Å². The van der Waals surface area contributed by atoms with Crippen LogP contribution in [0.15, 0.2) is 35.2 Å². The zero-order valence-electron chi connectivity index (χ0n) is 15.9. The van der Waals surface area contributed by atoms with Crippen LogP contribution in [0.4, 0.5) is 5.69 Å². The molecule has 0 fully saturated rings. The predicted molar refractivity (Wildman–Crippen MR) is 102 cm³/mol. The monoisotopic (exact) mass is 379 g/mol. The molecule has 0 amide bonds. The Bertz CT molecular complexity index is 891. The van der Waals surface area contributed by atoms with Crippen LogP contribution in [0, 0.1) is 6.92 Å². The maximum Gasteiger partial charge on any atom is 0.262 e. The SMILES string of the molecule is COc1ccc(OC)c(NS(=O)(=O)c2cc(C(C)C)c(OC)cc2C)c1. The van der Waals surface area contributed by atoms with E-state index in [0.29, 0.717) is 28.5 Å². The Balaban J connectivity index is 2.53. The van der Waals surface area contributed by atoms with Gasteiger partial charge in [0.1, 0.15) is 17.2 Å². The molecule has 0 aliphatic carbocycles.